The maximum absolute atomic E-state index is 13.2. The van der Waals surface area contributed by atoms with Gasteiger partial charge >= 0.3 is 0 Å². The summed E-state index contributed by atoms with van der Waals surface area (Å²) in [6.07, 6.45) is -12.2. The molecule has 4 aliphatic heterocycles. The molecule has 4 saturated carbocycles. The molecule has 0 spiro atoms. The zero-order valence-corrected chi connectivity index (χ0v) is 37.5. The molecule has 63 heavy (non-hydrogen) atoms. The minimum Gasteiger partial charge on any atom is -0.394 e. The van der Waals surface area contributed by atoms with Crippen molar-refractivity contribution < 1.29 is 83.9 Å². The average molecular weight is 902 g/mol. The Labute approximate surface area is 369 Å². The lowest BCUT2D eigenvalue weighted by Gasteiger charge is -2.62. The van der Waals surface area contributed by atoms with Gasteiger partial charge in [0.15, 0.2) is 24.7 Å². The molecule has 4 saturated heterocycles. The number of carbonyl (C=O) groups is 1. The van der Waals surface area contributed by atoms with E-state index in [1.54, 1.807) is 13.8 Å². The number of ether oxygens (including phenoxy) is 7. The second kappa shape index (κ2) is 18.1. The highest BCUT2D eigenvalue weighted by Gasteiger charge is 2.69. The van der Waals surface area contributed by atoms with Crippen LogP contribution in [0.3, 0.4) is 0 Å². The molecule has 0 aromatic carbocycles. The molecule has 362 valence electrons. The standard InChI is InChI=1S/C45H75NO17/c1-18(17-57-41-37(54)36(53)34(51)29(16-47)61-41)7-12-45(56)19(2)30-28(63-45)15-25-23-14-27(26-13-22(48)8-10-43(26,5)24(23)9-11-44(25,30)6)60-40-31(46)39(33(50)21(4)58-40)62-42-38(55)35(52)32(49)20(3)59-42/h18-21,23-42,47,49-56H,7-17,46H2,1-6H3/t18-,19?,20-,21+,23?,24?,25?,26+,27?,28?,29+,30?,31+,32-,33+,34+,35+,36-,37+,38+,39+,40+,41+,42-,43+,44-,45+/m0/s1. The van der Waals surface area contributed by atoms with Crippen molar-refractivity contribution in [3.63, 3.8) is 0 Å². The van der Waals surface area contributed by atoms with Gasteiger partial charge in [-0.25, -0.2) is 0 Å². The average Bonchev–Trinajstić information content (AvgIpc) is 3.68. The Hall–Kier alpha value is -1.01. The number of carbonyl (C=O) groups excluding carboxylic acids is 1. The van der Waals surface area contributed by atoms with Gasteiger partial charge in [-0.05, 0) is 98.7 Å². The summed E-state index contributed by atoms with van der Waals surface area (Å²) in [7, 11) is 0. The minimum atomic E-state index is -1.59. The molecule has 7 unspecified atom stereocenters. The number of hydrogen-bond acceptors (Lipinski definition) is 18. The molecular weight excluding hydrogens is 826 g/mol. The van der Waals surface area contributed by atoms with Gasteiger partial charge in [0, 0.05) is 25.2 Å². The fourth-order valence-electron chi connectivity index (χ4n) is 14.0. The maximum Gasteiger partial charge on any atom is 0.187 e. The Morgan fingerprint density at radius 2 is 1.44 bits per heavy atom. The molecule has 18 heteroatoms. The predicted molar refractivity (Wildman–Crippen MR) is 219 cm³/mol. The van der Waals surface area contributed by atoms with E-state index in [9.17, 15) is 50.8 Å². The zero-order chi connectivity index (χ0) is 45.7. The highest BCUT2D eigenvalue weighted by Crippen LogP contribution is 2.71. The lowest BCUT2D eigenvalue weighted by Crippen LogP contribution is -2.66. The van der Waals surface area contributed by atoms with Gasteiger partial charge in [-0.3, -0.25) is 4.79 Å². The van der Waals surface area contributed by atoms with Gasteiger partial charge in [-0.1, -0.05) is 27.7 Å². The van der Waals surface area contributed by atoms with Crippen molar-refractivity contribution in [2.24, 2.45) is 58.0 Å². The fraction of sp³-hybridized carbons (Fsp3) is 0.978. The van der Waals surface area contributed by atoms with Crippen LogP contribution in [0.15, 0.2) is 0 Å². The molecule has 11 N–H and O–H groups in total. The van der Waals surface area contributed by atoms with Crippen LogP contribution in [0, 0.1) is 52.3 Å². The van der Waals surface area contributed by atoms with Crippen molar-refractivity contribution >= 4 is 5.78 Å². The van der Waals surface area contributed by atoms with Crippen molar-refractivity contribution in [1.29, 1.82) is 0 Å². The Morgan fingerprint density at radius 1 is 0.778 bits per heavy atom. The van der Waals surface area contributed by atoms with Gasteiger partial charge in [-0.15, -0.1) is 0 Å². The molecule has 8 rings (SSSR count). The van der Waals surface area contributed by atoms with Crippen LogP contribution in [-0.2, 0) is 38.0 Å². The van der Waals surface area contributed by atoms with Crippen molar-refractivity contribution in [3.8, 4) is 0 Å². The molecule has 4 aliphatic carbocycles. The van der Waals surface area contributed by atoms with Gasteiger partial charge in [0.2, 0.25) is 0 Å². The maximum atomic E-state index is 13.2. The van der Waals surface area contributed by atoms with Crippen molar-refractivity contribution in [2.45, 2.75) is 209 Å². The number of ketones is 1. The number of aliphatic hydroxyl groups is 9. The largest absolute Gasteiger partial charge is 0.394 e. The Morgan fingerprint density at radius 3 is 2.16 bits per heavy atom. The van der Waals surface area contributed by atoms with E-state index in [-0.39, 0.29) is 64.8 Å². The summed E-state index contributed by atoms with van der Waals surface area (Å²) in [4.78, 5) is 13.2. The first kappa shape index (κ1) is 48.4. The highest BCUT2D eigenvalue weighted by molar-refractivity contribution is 5.79. The quantitative estimate of drug-likeness (QED) is 0.116. The number of Topliss-reactive ketones (excluding diaryl/α,β-unsaturated/α-hetero) is 1. The van der Waals surface area contributed by atoms with Crippen LogP contribution in [0.4, 0.5) is 0 Å². The van der Waals surface area contributed by atoms with Gasteiger partial charge in [0.1, 0.15) is 60.7 Å². The molecule has 4 heterocycles. The van der Waals surface area contributed by atoms with Gasteiger partial charge in [-0.2, -0.15) is 0 Å². The smallest absolute Gasteiger partial charge is 0.187 e. The van der Waals surface area contributed by atoms with Crippen LogP contribution in [-0.4, -0.2) is 175 Å². The van der Waals surface area contributed by atoms with E-state index in [1.807, 2.05) is 6.92 Å². The fourth-order valence-corrected chi connectivity index (χ4v) is 14.0. The molecule has 27 atom stereocenters. The summed E-state index contributed by atoms with van der Waals surface area (Å²) in [5, 5.41) is 95.0. The molecular formula is C45H75NO17. The molecule has 8 fully saturated rings. The first-order chi connectivity index (χ1) is 29.6. The van der Waals surface area contributed by atoms with E-state index in [1.165, 1.54) is 0 Å². The second-order valence-corrected chi connectivity index (χ2v) is 21.5. The first-order valence-corrected chi connectivity index (χ1v) is 23.6. The van der Waals surface area contributed by atoms with Crippen LogP contribution in [0.1, 0.15) is 99.3 Å². The van der Waals surface area contributed by atoms with Crippen molar-refractivity contribution in [1.82, 2.24) is 0 Å². The van der Waals surface area contributed by atoms with Gasteiger partial charge in [0.25, 0.3) is 0 Å². The highest BCUT2D eigenvalue weighted by atomic mass is 16.7. The summed E-state index contributed by atoms with van der Waals surface area (Å²) < 4.78 is 43.0. The van der Waals surface area contributed by atoms with E-state index in [2.05, 4.69) is 20.8 Å². The monoisotopic (exact) mass is 902 g/mol. The van der Waals surface area contributed by atoms with Crippen LogP contribution < -0.4 is 5.73 Å². The second-order valence-electron chi connectivity index (χ2n) is 21.5. The number of fused-ring (bicyclic) bond motifs is 7. The van der Waals surface area contributed by atoms with E-state index < -0.39 is 111 Å². The molecule has 0 bridgehead atoms. The van der Waals surface area contributed by atoms with Crippen molar-refractivity contribution in [2.75, 3.05) is 13.2 Å². The SMILES string of the molecule is CC1C2C(CC3C4CC(O[C@H]5O[C@H](C)[C@@H](O)[C@H](O[C@@H]6O[C@@H](C)[C@H](O)[C@@H](O)[C@H]6O)[C@H]5N)[C@H]5CC(=O)CC[C@]5(C)C4CC[C@@]32C)O[C@]1(O)CC[C@H](C)CO[C@@H]1O[C@H](CO)[C@@H](O)[C@H](O)[C@H]1O. The lowest BCUT2D eigenvalue weighted by atomic mass is 9.43. The van der Waals surface area contributed by atoms with E-state index >= 15 is 0 Å². The molecule has 0 aromatic rings. The molecule has 0 amide bonds. The van der Waals surface area contributed by atoms with Crippen LogP contribution in [0.5, 0.6) is 0 Å². The molecule has 8 aliphatic rings. The van der Waals surface area contributed by atoms with E-state index in [0.29, 0.717) is 38.0 Å². The Kier molecular flexibility index (Phi) is 14.0. The summed E-state index contributed by atoms with van der Waals surface area (Å²) in [5.41, 5.74) is 6.46. The summed E-state index contributed by atoms with van der Waals surface area (Å²) in [6, 6.07) is -1.04. The minimum absolute atomic E-state index is 0.0844. The van der Waals surface area contributed by atoms with Crippen LogP contribution >= 0.6 is 0 Å². The topological polar surface area (TPSA) is 290 Å². The van der Waals surface area contributed by atoms with Gasteiger partial charge < -0.3 is 84.9 Å². The number of rotatable bonds is 11. The third-order valence-corrected chi connectivity index (χ3v) is 17.8. The lowest BCUT2D eigenvalue weighted by molar-refractivity contribution is -0.343. The normalized spacial score (nSPS) is 56.3. The molecule has 18 nitrogen and oxygen atoms in total. The summed E-state index contributed by atoms with van der Waals surface area (Å²) in [5.74, 6) is -0.566. The summed E-state index contributed by atoms with van der Waals surface area (Å²) in [6.45, 7) is 11.6. The molecule has 0 radical (unpaired) electrons. The van der Waals surface area contributed by atoms with Gasteiger partial charge in [0.05, 0.1) is 43.7 Å². The zero-order valence-electron chi connectivity index (χ0n) is 37.5. The Bertz CT molecular complexity index is 1610. The van der Waals surface area contributed by atoms with Crippen LogP contribution in [0.2, 0.25) is 0 Å². The number of hydrogen-bond donors (Lipinski definition) is 10. The molecule has 0 aromatic heterocycles. The van der Waals surface area contributed by atoms with Crippen LogP contribution in [0.25, 0.3) is 0 Å². The predicted octanol–water partition coefficient (Wildman–Crippen LogP) is -0.579. The first-order valence-electron chi connectivity index (χ1n) is 23.6. The number of nitrogens with two attached hydrogens (primary N) is 1. The van der Waals surface area contributed by atoms with E-state index in [4.69, 9.17) is 38.9 Å². The summed E-state index contributed by atoms with van der Waals surface area (Å²) >= 11 is 0. The third kappa shape index (κ3) is 8.40. The van der Waals surface area contributed by atoms with E-state index in [0.717, 1.165) is 25.7 Å². The van der Waals surface area contributed by atoms with Crippen molar-refractivity contribution in [3.05, 3.63) is 0 Å². The number of aliphatic hydroxyl groups excluding tert-OH is 8. The Balaban J connectivity index is 0.946. The third-order valence-electron chi connectivity index (χ3n) is 17.8.